The highest BCUT2D eigenvalue weighted by Gasteiger charge is 2.07. The van der Waals surface area contributed by atoms with E-state index in [1.807, 2.05) is 16.7 Å². The summed E-state index contributed by atoms with van der Waals surface area (Å²) in [6.45, 7) is 0.399. The second-order valence-electron chi connectivity index (χ2n) is 3.28. The minimum Gasteiger partial charge on any atom is -0.481 e. The van der Waals surface area contributed by atoms with Gasteiger partial charge in [-0.1, -0.05) is 11.6 Å². The average Bonchev–Trinajstić information content (AvgIpc) is 2.50. The molecule has 1 aromatic carbocycles. The first kappa shape index (κ1) is 11.6. The van der Waals surface area contributed by atoms with Crippen molar-refractivity contribution in [3.63, 3.8) is 0 Å². The summed E-state index contributed by atoms with van der Waals surface area (Å²) in [5, 5.41) is 9.32. The van der Waals surface area contributed by atoms with E-state index in [9.17, 15) is 4.79 Å². The second-order valence-corrected chi connectivity index (χ2v) is 5.39. The standard InChI is InChI=1S/C10H8ClNO2S2/c11-6-1-2-7-8(5-6)16-10(15)12(7)4-3-9(13)14/h1-2,5H,3-4H2,(H,13,14). The van der Waals surface area contributed by atoms with Crippen molar-refractivity contribution in [3.8, 4) is 0 Å². The van der Waals surface area contributed by atoms with Crippen molar-refractivity contribution in [1.29, 1.82) is 0 Å². The largest absolute Gasteiger partial charge is 0.481 e. The molecule has 0 atom stereocenters. The minimum absolute atomic E-state index is 0.0722. The Morgan fingerprint density at radius 1 is 1.56 bits per heavy atom. The van der Waals surface area contributed by atoms with Gasteiger partial charge >= 0.3 is 5.97 Å². The molecule has 0 saturated carbocycles. The molecular weight excluding hydrogens is 266 g/mol. The van der Waals surface area contributed by atoms with E-state index < -0.39 is 5.97 Å². The fraction of sp³-hybridized carbons (Fsp3) is 0.200. The molecule has 0 aliphatic carbocycles. The number of rotatable bonds is 3. The van der Waals surface area contributed by atoms with Gasteiger partial charge in [0.2, 0.25) is 0 Å². The Balaban J connectivity index is 2.48. The lowest BCUT2D eigenvalue weighted by atomic mass is 10.3. The van der Waals surface area contributed by atoms with Crippen LogP contribution in [0.5, 0.6) is 0 Å². The van der Waals surface area contributed by atoms with Crippen molar-refractivity contribution < 1.29 is 9.90 Å². The van der Waals surface area contributed by atoms with E-state index in [0.29, 0.717) is 15.5 Å². The summed E-state index contributed by atoms with van der Waals surface area (Å²) < 4.78 is 3.50. The predicted molar refractivity (Wildman–Crippen MR) is 67.9 cm³/mol. The van der Waals surface area contributed by atoms with Crippen molar-refractivity contribution >= 4 is 51.3 Å². The highest BCUT2D eigenvalue weighted by molar-refractivity contribution is 7.73. The molecule has 0 fully saturated rings. The van der Waals surface area contributed by atoms with Gasteiger partial charge in [-0.15, -0.1) is 11.3 Å². The van der Waals surface area contributed by atoms with Gasteiger partial charge in [-0.2, -0.15) is 0 Å². The van der Waals surface area contributed by atoms with Crippen LogP contribution in [0.3, 0.4) is 0 Å². The van der Waals surface area contributed by atoms with E-state index in [4.69, 9.17) is 28.9 Å². The number of aromatic nitrogens is 1. The monoisotopic (exact) mass is 273 g/mol. The van der Waals surface area contributed by atoms with Gasteiger partial charge in [-0.05, 0) is 30.4 Å². The zero-order chi connectivity index (χ0) is 11.7. The van der Waals surface area contributed by atoms with Crippen molar-refractivity contribution in [1.82, 2.24) is 4.57 Å². The Bertz CT molecular complexity index is 602. The van der Waals surface area contributed by atoms with Crippen LogP contribution in [-0.4, -0.2) is 15.6 Å². The number of carboxylic acids is 1. The number of halogens is 1. The van der Waals surface area contributed by atoms with Gasteiger partial charge in [-0.3, -0.25) is 4.79 Å². The molecule has 16 heavy (non-hydrogen) atoms. The molecule has 0 aliphatic rings. The molecular formula is C10H8ClNO2S2. The highest BCUT2D eigenvalue weighted by Crippen LogP contribution is 2.26. The van der Waals surface area contributed by atoms with Gasteiger partial charge < -0.3 is 9.67 Å². The number of thiazole rings is 1. The molecule has 1 N–H and O–H groups in total. The molecule has 0 radical (unpaired) electrons. The van der Waals surface area contributed by atoms with Crippen LogP contribution in [0.1, 0.15) is 6.42 Å². The summed E-state index contributed by atoms with van der Waals surface area (Å²) in [5.74, 6) is -0.824. The highest BCUT2D eigenvalue weighted by atomic mass is 35.5. The average molecular weight is 274 g/mol. The first-order valence-electron chi connectivity index (χ1n) is 4.58. The molecule has 0 bridgehead atoms. The third-order valence-electron chi connectivity index (χ3n) is 2.18. The Morgan fingerprint density at radius 3 is 3.00 bits per heavy atom. The second kappa shape index (κ2) is 4.53. The first-order chi connectivity index (χ1) is 7.58. The Kier molecular flexibility index (Phi) is 3.28. The van der Waals surface area contributed by atoms with Crippen LogP contribution in [-0.2, 0) is 11.3 Å². The van der Waals surface area contributed by atoms with E-state index in [-0.39, 0.29) is 6.42 Å². The molecule has 84 valence electrons. The molecule has 3 nitrogen and oxygen atoms in total. The van der Waals surface area contributed by atoms with Crippen LogP contribution in [0.2, 0.25) is 5.02 Å². The SMILES string of the molecule is O=C(O)CCn1c(=S)sc2cc(Cl)ccc21. The van der Waals surface area contributed by atoms with Gasteiger partial charge in [0.1, 0.15) is 0 Å². The van der Waals surface area contributed by atoms with Crippen LogP contribution in [0, 0.1) is 3.95 Å². The lowest BCUT2D eigenvalue weighted by Crippen LogP contribution is -2.03. The van der Waals surface area contributed by atoms with Gasteiger partial charge in [0.05, 0.1) is 16.6 Å². The number of carboxylic acid groups (broad SMARTS) is 1. The number of carbonyl (C=O) groups is 1. The molecule has 0 saturated heterocycles. The number of aryl methyl sites for hydroxylation is 1. The van der Waals surface area contributed by atoms with Crippen molar-refractivity contribution in [2.75, 3.05) is 0 Å². The summed E-state index contributed by atoms with van der Waals surface area (Å²) >= 11 is 12.5. The van der Waals surface area contributed by atoms with E-state index in [1.165, 1.54) is 11.3 Å². The number of benzene rings is 1. The van der Waals surface area contributed by atoms with Crippen LogP contribution in [0.25, 0.3) is 10.2 Å². The number of aliphatic carboxylic acids is 1. The maximum absolute atomic E-state index is 10.5. The third-order valence-corrected chi connectivity index (χ3v) is 3.83. The molecule has 0 amide bonds. The maximum atomic E-state index is 10.5. The Labute approximate surface area is 106 Å². The summed E-state index contributed by atoms with van der Waals surface area (Å²) in [6.07, 6.45) is 0.0722. The molecule has 2 rings (SSSR count). The van der Waals surface area contributed by atoms with Gasteiger partial charge in [0.25, 0.3) is 0 Å². The Morgan fingerprint density at radius 2 is 2.31 bits per heavy atom. The molecule has 0 spiro atoms. The van der Waals surface area contributed by atoms with Crippen molar-refractivity contribution in [2.45, 2.75) is 13.0 Å². The molecule has 0 aliphatic heterocycles. The van der Waals surface area contributed by atoms with Gasteiger partial charge in [0, 0.05) is 11.6 Å². The maximum Gasteiger partial charge on any atom is 0.305 e. The van der Waals surface area contributed by atoms with E-state index in [1.54, 1.807) is 6.07 Å². The van der Waals surface area contributed by atoms with Crippen LogP contribution < -0.4 is 0 Å². The molecule has 2 aromatic rings. The smallest absolute Gasteiger partial charge is 0.305 e. The fourth-order valence-corrected chi connectivity index (χ4v) is 3.11. The lowest BCUT2D eigenvalue weighted by molar-refractivity contribution is -0.137. The molecule has 0 unspecified atom stereocenters. The quantitative estimate of drug-likeness (QED) is 0.870. The lowest BCUT2D eigenvalue weighted by Gasteiger charge is -2.01. The number of hydrogen-bond acceptors (Lipinski definition) is 3. The van der Waals surface area contributed by atoms with Crippen LogP contribution in [0.4, 0.5) is 0 Å². The summed E-state index contributed by atoms with van der Waals surface area (Å²) in [7, 11) is 0. The topological polar surface area (TPSA) is 42.2 Å². The normalized spacial score (nSPS) is 10.8. The summed E-state index contributed by atoms with van der Waals surface area (Å²) in [6, 6.07) is 5.49. The molecule has 1 aromatic heterocycles. The third kappa shape index (κ3) is 2.26. The van der Waals surface area contributed by atoms with Gasteiger partial charge in [-0.25, -0.2) is 0 Å². The van der Waals surface area contributed by atoms with Gasteiger partial charge in [0.15, 0.2) is 3.95 Å². The number of hydrogen-bond donors (Lipinski definition) is 1. The van der Waals surface area contributed by atoms with E-state index in [2.05, 4.69) is 0 Å². The molecule has 6 heteroatoms. The van der Waals surface area contributed by atoms with E-state index in [0.717, 1.165) is 10.2 Å². The number of nitrogens with zero attached hydrogens (tertiary/aromatic N) is 1. The van der Waals surface area contributed by atoms with Crippen molar-refractivity contribution in [2.24, 2.45) is 0 Å². The summed E-state index contributed by atoms with van der Waals surface area (Å²) in [4.78, 5) is 10.5. The zero-order valence-corrected chi connectivity index (χ0v) is 10.5. The zero-order valence-electron chi connectivity index (χ0n) is 8.14. The minimum atomic E-state index is -0.824. The Hall–Kier alpha value is -0.910. The van der Waals surface area contributed by atoms with Crippen LogP contribution >= 0.6 is 35.2 Å². The molecule has 1 heterocycles. The first-order valence-corrected chi connectivity index (χ1v) is 6.19. The summed E-state index contributed by atoms with van der Waals surface area (Å²) in [5.41, 5.74) is 0.945. The number of fused-ring (bicyclic) bond motifs is 1. The fourth-order valence-electron chi connectivity index (χ4n) is 1.46. The van der Waals surface area contributed by atoms with Crippen molar-refractivity contribution in [3.05, 3.63) is 27.2 Å². The van der Waals surface area contributed by atoms with E-state index >= 15 is 0 Å². The predicted octanol–water partition coefficient (Wildman–Crippen LogP) is 3.56. The van der Waals surface area contributed by atoms with Crippen LogP contribution in [0.15, 0.2) is 18.2 Å².